The molecule has 34 heavy (non-hydrogen) atoms. The van der Waals surface area contributed by atoms with E-state index in [0.29, 0.717) is 36.2 Å². The van der Waals surface area contributed by atoms with Gasteiger partial charge in [-0.15, -0.1) is 0 Å². The summed E-state index contributed by atoms with van der Waals surface area (Å²) in [5, 5.41) is 3.81. The lowest BCUT2D eigenvalue weighted by atomic mass is 10.2. The molecule has 0 aliphatic heterocycles. The van der Waals surface area contributed by atoms with Crippen molar-refractivity contribution in [1.82, 2.24) is 19.8 Å². The third-order valence-corrected chi connectivity index (χ3v) is 7.18. The summed E-state index contributed by atoms with van der Waals surface area (Å²) in [5.41, 5.74) is 2.22. The molecule has 3 rings (SSSR count). The van der Waals surface area contributed by atoms with Gasteiger partial charge in [-0.05, 0) is 48.3 Å². The summed E-state index contributed by atoms with van der Waals surface area (Å²) < 4.78 is 41.8. The summed E-state index contributed by atoms with van der Waals surface area (Å²) in [4.78, 5) is 6.39. The van der Waals surface area contributed by atoms with Gasteiger partial charge in [0, 0.05) is 13.1 Å². The number of rotatable bonds is 10. The molecule has 1 aromatic heterocycles. The van der Waals surface area contributed by atoms with Crippen molar-refractivity contribution in [3.8, 4) is 0 Å². The maximum absolute atomic E-state index is 13.4. The Morgan fingerprint density at radius 2 is 1.79 bits per heavy atom. The average molecular weight is 503 g/mol. The molecule has 9 heteroatoms. The highest BCUT2D eigenvalue weighted by Gasteiger charge is 2.25. The van der Waals surface area contributed by atoms with Crippen LogP contribution in [-0.2, 0) is 28.7 Å². The third kappa shape index (κ3) is 6.87. The van der Waals surface area contributed by atoms with Crippen molar-refractivity contribution in [3.63, 3.8) is 0 Å². The van der Waals surface area contributed by atoms with Crippen LogP contribution >= 0.6 is 12.2 Å². The van der Waals surface area contributed by atoms with E-state index in [1.165, 1.54) is 24.3 Å². The normalized spacial score (nSPS) is 11.6. The molecule has 0 amide bonds. The second-order valence-electron chi connectivity index (χ2n) is 8.60. The molecule has 0 saturated heterocycles. The number of halogens is 1. The summed E-state index contributed by atoms with van der Waals surface area (Å²) in [6.07, 6.45) is 1.61. The summed E-state index contributed by atoms with van der Waals surface area (Å²) in [6.45, 7) is 8.42. The molecule has 0 aliphatic carbocycles. The Morgan fingerprint density at radius 1 is 1.12 bits per heavy atom. The number of thiocarbonyl (C=S) groups is 1. The van der Waals surface area contributed by atoms with Gasteiger partial charge in [-0.3, -0.25) is 0 Å². The van der Waals surface area contributed by atoms with Gasteiger partial charge in [-0.1, -0.05) is 56.3 Å². The zero-order chi connectivity index (χ0) is 24.7. The van der Waals surface area contributed by atoms with Gasteiger partial charge in [0.25, 0.3) is 0 Å². The van der Waals surface area contributed by atoms with Crippen LogP contribution in [0.25, 0.3) is 0 Å². The first-order valence-electron chi connectivity index (χ1n) is 11.3. The van der Waals surface area contributed by atoms with Crippen LogP contribution in [0.3, 0.4) is 0 Å². The molecule has 3 aromatic rings. The van der Waals surface area contributed by atoms with Crippen LogP contribution in [-0.4, -0.2) is 41.1 Å². The van der Waals surface area contributed by atoms with Crippen LogP contribution in [0, 0.1) is 11.7 Å². The van der Waals surface area contributed by atoms with E-state index in [1.54, 1.807) is 10.8 Å². The lowest BCUT2D eigenvalue weighted by Crippen LogP contribution is -2.41. The van der Waals surface area contributed by atoms with E-state index in [1.807, 2.05) is 42.2 Å². The smallest absolute Gasteiger partial charge is 0.228 e. The van der Waals surface area contributed by atoms with Crippen molar-refractivity contribution >= 4 is 27.2 Å². The van der Waals surface area contributed by atoms with Crippen molar-refractivity contribution in [3.05, 3.63) is 83.4 Å². The highest BCUT2D eigenvalue weighted by Crippen LogP contribution is 2.21. The highest BCUT2D eigenvalue weighted by molar-refractivity contribution is 7.90. The molecule has 2 aromatic carbocycles. The molecule has 0 unspecified atom stereocenters. The van der Waals surface area contributed by atoms with Crippen LogP contribution in [0.5, 0.6) is 0 Å². The summed E-state index contributed by atoms with van der Waals surface area (Å²) in [6, 6.07) is 15.2. The molecule has 1 heterocycles. The zero-order valence-corrected chi connectivity index (χ0v) is 21.4. The largest absolute Gasteiger partial charge is 0.363 e. The molecule has 0 spiro atoms. The van der Waals surface area contributed by atoms with Crippen molar-refractivity contribution in [2.75, 3.05) is 13.1 Å². The Bertz CT molecular complexity index is 1190. The molecule has 0 atom stereocenters. The zero-order valence-electron chi connectivity index (χ0n) is 19.7. The van der Waals surface area contributed by atoms with Crippen LogP contribution in [0.2, 0.25) is 0 Å². The van der Waals surface area contributed by atoms with E-state index in [4.69, 9.17) is 12.2 Å². The standard InChI is InChI=1S/C25H31FN4O2S2/c1-4-27-24(33)29(15-19(2)3)17-23-14-28-25(30(23)16-20-8-6-5-7-9-20)34(31,32)18-21-10-12-22(26)13-11-21/h5-14,19H,4,15-18H2,1-3H3,(H,27,33). The molecule has 0 radical (unpaired) electrons. The third-order valence-electron chi connectivity index (χ3n) is 5.19. The number of nitrogens with zero attached hydrogens (tertiary/aromatic N) is 3. The van der Waals surface area contributed by atoms with E-state index in [0.717, 1.165) is 17.8 Å². The molecule has 0 fully saturated rings. The lowest BCUT2D eigenvalue weighted by Gasteiger charge is -2.28. The van der Waals surface area contributed by atoms with Crippen molar-refractivity contribution < 1.29 is 12.8 Å². The van der Waals surface area contributed by atoms with E-state index in [9.17, 15) is 12.8 Å². The molecule has 0 aliphatic rings. The molecule has 0 bridgehead atoms. The number of imidazole rings is 1. The van der Waals surface area contributed by atoms with Gasteiger partial charge in [0.1, 0.15) is 5.82 Å². The monoisotopic (exact) mass is 502 g/mol. The Labute approximate surface area is 206 Å². The Balaban J connectivity index is 1.99. The molecular weight excluding hydrogens is 471 g/mol. The van der Waals surface area contributed by atoms with Crippen molar-refractivity contribution in [2.24, 2.45) is 5.92 Å². The van der Waals surface area contributed by atoms with E-state index < -0.39 is 15.7 Å². The second-order valence-corrected chi connectivity index (χ2v) is 10.9. The summed E-state index contributed by atoms with van der Waals surface area (Å²) in [5.74, 6) is -0.302. The SMILES string of the molecule is CCNC(=S)N(Cc1cnc(S(=O)(=O)Cc2ccc(F)cc2)n1Cc1ccccc1)CC(C)C. The van der Waals surface area contributed by atoms with Crippen LogP contribution in [0.1, 0.15) is 37.6 Å². The van der Waals surface area contributed by atoms with Gasteiger partial charge < -0.3 is 14.8 Å². The number of benzene rings is 2. The maximum atomic E-state index is 13.4. The average Bonchev–Trinajstić information content (AvgIpc) is 3.18. The van der Waals surface area contributed by atoms with Gasteiger partial charge in [0.2, 0.25) is 15.0 Å². The molecule has 1 N–H and O–H groups in total. The fourth-order valence-electron chi connectivity index (χ4n) is 3.68. The minimum atomic E-state index is -3.78. The van der Waals surface area contributed by atoms with Gasteiger partial charge in [0.15, 0.2) is 5.11 Å². The second kappa shape index (κ2) is 11.6. The number of aromatic nitrogens is 2. The quantitative estimate of drug-likeness (QED) is 0.415. The molecular formula is C25H31FN4O2S2. The van der Waals surface area contributed by atoms with E-state index >= 15 is 0 Å². The van der Waals surface area contributed by atoms with E-state index in [2.05, 4.69) is 24.1 Å². The van der Waals surface area contributed by atoms with Gasteiger partial charge in [-0.2, -0.15) is 0 Å². The maximum Gasteiger partial charge on any atom is 0.228 e. The molecule has 6 nitrogen and oxygen atoms in total. The summed E-state index contributed by atoms with van der Waals surface area (Å²) in [7, 11) is -3.78. The van der Waals surface area contributed by atoms with Crippen molar-refractivity contribution in [1.29, 1.82) is 0 Å². The van der Waals surface area contributed by atoms with Gasteiger partial charge in [-0.25, -0.2) is 17.8 Å². The molecule has 0 saturated carbocycles. The molecule has 182 valence electrons. The van der Waals surface area contributed by atoms with Gasteiger partial charge in [0.05, 0.1) is 30.7 Å². The predicted molar refractivity (Wildman–Crippen MR) is 137 cm³/mol. The minimum absolute atomic E-state index is 0.00505. The fraction of sp³-hybridized carbons (Fsp3) is 0.360. The highest BCUT2D eigenvalue weighted by atomic mass is 32.2. The Morgan fingerprint density at radius 3 is 2.41 bits per heavy atom. The van der Waals surface area contributed by atoms with E-state index in [-0.39, 0.29) is 10.9 Å². The van der Waals surface area contributed by atoms with Crippen LogP contribution in [0.4, 0.5) is 4.39 Å². The first-order chi connectivity index (χ1) is 16.2. The Hall–Kier alpha value is -2.78. The lowest BCUT2D eigenvalue weighted by molar-refractivity contribution is 0.345. The Kier molecular flexibility index (Phi) is 8.79. The first kappa shape index (κ1) is 25.8. The number of sulfone groups is 1. The van der Waals surface area contributed by atoms with Crippen molar-refractivity contribution in [2.45, 2.75) is 44.8 Å². The fourth-order valence-corrected chi connectivity index (χ4v) is 5.46. The number of hydrogen-bond donors (Lipinski definition) is 1. The topological polar surface area (TPSA) is 67.2 Å². The first-order valence-corrected chi connectivity index (χ1v) is 13.3. The predicted octanol–water partition coefficient (Wildman–Crippen LogP) is 4.40. The van der Waals surface area contributed by atoms with Crippen LogP contribution < -0.4 is 5.32 Å². The van der Waals surface area contributed by atoms with Gasteiger partial charge >= 0.3 is 0 Å². The summed E-state index contributed by atoms with van der Waals surface area (Å²) >= 11 is 5.58. The number of nitrogens with one attached hydrogen (secondary N) is 1. The number of hydrogen-bond acceptors (Lipinski definition) is 4. The van der Waals surface area contributed by atoms with Crippen LogP contribution in [0.15, 0.2) is 66.0 Å². The minimum Gasteiger partial charge on any atom is -0.363 e.